The van der Waals surface area contributed by atoms with Crippen molar-refractivity contribution in [2.45, 2.75) is 6.92 Å². The maximum Gasteiger partial charge on any atom is 0.338 e. The molecule has 0 spiro atoms. The van der Waals surface area contributed by atoms with Gasteiger partial charge in [0.25, 0.3) is 5.91 Å². The number of hydrazone groups is 1. The van der Waals surface area contributed by atoms with E-state index in [4.69, 9.17) is 18.6 Å². The molecule has 1 aromatic heterocycles. The molecule has 0 aliphatic carbocycles. The topological polar surface area (TPSA) is 99.4 Å². The lowest BCUT2D eigenvalue weighted by atomic mass is 10.1. The Balaban J connectivity index is 1.68. The van der Waals surface area contributed by atoms with Crippen molar-refractivity contribution in [3.05, 3.63) is 71.5 Å². The van der Waals surface area contributed by atoms with Crippen LogP contribution < -0.4 is 14.9 Å². The molecule has 3 aromatic rings. The lowest BCUT2D eigenvalue weighted by Crippen LogP contribution is -2.18. The quantitative estimate of drug-likeness (QED) is 0.336. The number of carbonyl (C=O) groups excluding carboxylic acids is 2. The van der Waals surface area contributed by atoms with Crippen molar-refractivity contribution < 1.29 is 28.2 Å². The molecule has 1 heterocycles. The minimum Gasteiger partial charge on any atom is -0.497 e. The van der Waals surface area contributed by atoms with E-state index in [-0.39, 0.29) is 0 Å². The van der Waals surface area contributed by atoms with Gasteiger partial charge in [0.2, 0.25) is 0 Å². The van der Waals surface area contributed by atoms with E-state index in [1.165, 1.54) is 20.4 Å². The lowest BCUT2D eigenvalue weighted by molar-refractivity contribution is 0.0526. The summed E-state index contributed by atoms with van der Waals surface area (Å²) in [4.78, 5) is 24.3. The number of hydrogen-bond donors (Lipinski definition) is 1. The van der Waals surface area contributed by atoms with Gasteiger partial charge in [0, 0.05) is 11.6 Å². The molecule has 0 aliphatic heterocycles. The highest BCUT2D eigenvalue weighted by Gasteiger charge is 2.13. The molecular formula is C23H22N2O6. The van der Waals surface area contributed by atoms with Crippen LogP contribution in [0.25, 0.3) is 11.3 Å². The Labute approximate surface area is 179 Å². The van der Waals surface area contributed by atoms with Crippen LogP contribution >= 0.6 is 0 Å². The smallest absolute Gasteiger partial charge is 0.338 e. The summed E-state index contributed by atoms with van der Waals surface area (Å²) in [5.74, 6) is 1.09. The van der Waals surface area contributed by atoms with Gasteiger partial charge in [0.15, 0.2) is 0 Å². The molecule has 8 nitrogen and oxygen atoms in total. The summed E-state index contributed by atoms with van der Waals surface area (Å²) in [5.41, 5.74) is 3.91. The van der Waals surface area contributed by atoms with Crippen molar-refractivity contribution in [2.75, 3.05) is 20.8 Å². The number of rotatable bonds is 8. The second kappa shape index (κ2) is 10.1. The third-order valence-electron chi connectivity index (χ3n) is 4.30. The van der Waals surface area contributed by atoms with Gasteiger partial charge in [-0.05, 0) is 43.3 Å². The first-order valence-electron chi connectivity index (χ1n) is 9.48. The van der Waals surface area contributed by atoms with Gasteiger partial charge >= 0.3 is 5.97 Å². The molecule has 2 aromatic carbocycles. The van der Waals surface area contributed by atoms with Gasteiger partial charge < -0.3 is 18.6 Å². The molecule has 1 amide bonds. The highest BCUT2D eigenvalue weighted by atomic mass is 16.5. The van der Waals surface area contributed by atoms with Crippen LogP contribution in [-0.4, -0.2) is 38.9 Å². The number of ether oxygens (including phenoxy) is 3. The van der Waals surface area contributed by atoms with Crippen LogP contribution in [0, 0.1) is 0 Å². The van der Waals surface area contributed by atoms with Crippen LogP contribution in [-0.2, 0) is 4.74 Å². The second-order valence-corrected chi connectivity index (χ2v) is 6.27. The van der Waals surface area contributed by atoms with Gasteiger partial charge in [-0.2, -0.15) is 5.10 Å². The third kappa shape index (κ3) is 5.30. The minimum absolute atomic E-state index is 0.304. The summed E-state index contributed by atoms with van der Waals surface area (Å²) < 4.78 is 21.1. The summed E-state index contributed by atoms with van der Waals surface area (Å²) >= 11 is 0. The van der Waals surface area contributed by atoms with Crippen LogP contribution in [0.5, 0.6) is 11.5 Å². The number of furan rings is 1. The van der Waals surface area contributed by atoms with E-state index in [1.807, 2.05) is 6.07 Å². The van der Waals surface area contributed by atoms with E-state index >= 15 is 0 Å². The maximum atomic E-state index is 12.4. The maximum absolute atomic E-state index is 12.4. The number of nitrogens with zero attached hydrogens (tertiary/aromatic N) is 1. The first kappa shape index (κ1) is 21.6. The van der Waals surface area contributed by atoms with E-state index in [2.05, 4.69) is 10.5 Å². The summed E-state index contributed by atoms with van der Waals surface area (Å²) in [6.45, 7) is 2.06. The molecule has 8 heteroatoms. The van der Waals surface area contributed by atoms with Gasteiger partial charge in [-0.1, -0.05) is 12.1 Å². The zero-order valence-corrected chi connectivity index (χ0v) is 17.4. The Bertz CT molecular complexity index is 1100. The normalized spacial score (nSPS) is 10.7. The largest absolute Gasteiger partial charge is 0.497 e. The molecule has 0 saturated heterocycles. The van der Waals surface area contributed by atoms with Gasteiger partial charge in [-0.25, -0.2) is 10.2 Å². The second-order valence-electron chi connectivity index (χ2n) is 6.27. The van der Waals surface area contributed by atoms with Gasteiger partial charge in [-0.3, -0.25) is 4.79 Å². The Morgan fingerprint density at radius 2 is 1.90 bits per heavy atom. The Kier molecular flexibility index (Phi) is 7.05. The van der Waals surface area contributed by atoms with Gasteiger partial charge in [-0.15, -0.1) is 0 Å². The Hall–Kier alpha value is -4.07. The third-order valence-corrected chi connectivity index (χ3v) is 4.30. The van der Waals surface area contributed by atoms with Crippen molar-refractivity contribution in [3.8, 4) is 22.8 Å². The highest BCUT2D eigenvalue weighted by Crippen LogP contribution is 2.25. The van der Waals surface area contributed by atoms with E-state index < -0.39 is 11.9 Å². The fourth-order valence-corrected chi connectivity index (χ4v) is 2.79. The molecule has 160 valence electrons. The summed E-state index contributed by atoms with van der Waals surface area (Å²) in [5, 5.41) is 3.93. The molecule has 0 unspecified atom stereocenters. The number of esters is 1. The first-order valence-corrected chi connectivity index (χ1v) is 9.48. The zero-order chi connectivity index (χ0) is 22.2. The van der Waals surface area contributed by atoms with Crippen molar-refractivity contribution in [2.24, 2.45) is 5.10 Å². The molecular weight excluding hydrogens is 400 g/mol. The Morgan fingerprint density at radius 3 is 2.65 bits per heavy atom. The summed E-state index contributed by atoms with van der Waals surface area (Å²) in [6, 6.07) is 15.2. The van der Waals surface area contributed by atoms with Crippen molar-refractivity contribution in [1.82, 2.24) is 5.43 Å². The van der Waals surface area contributed by atoms with Crippen LogP contribution in [0.4, 0.5) is 0 Å². The van der Waals surface area contributed by atoms with E-state index in [9.17, 15) is 9.59 Å². The van der Waals surface area contributed by atoms with Gasteiger partial charge in [0.05, 0.1) is 38.2 Å². The molecule has 3 rings (SSSR count). The van der Waals surface area contributed by atoms with Crippen LogP contribution in [0.1, 0.15) is 33.4 Å². The zero-order valence-electron chi connectivity index (χ0n) is 17.4. The SMILES string of the molecule is CCOC(=O)c1cccc(-c2ccc(/C=N\NC(=O)c3ccc(OC)cc3OC)o2)c1. The molecule has 1 N–H and O–H groups in total. The fraction of sp³-hybridized carbons (Fsp3) is 0.174. The average Bonchev–Trinajstić information content (AvgIpc) is 3.27. The number of methoxy groups -OCH3 is 2. The molecule has 31 heavy (non-hydrogen) atoms. The van der Waals surface area contributed by atoms with Crippen LogP contribution in [0.2, 0.25) is 0 Å². The van der Waals surface area contributed by atoms with Crippen LogP contribution in [0.3, 0.4) is 0 Å². The minimum atomic E-state index is -0.440. The summed E-state index contributed by atoms with van der Waals surface area (Å²) in [7, 11) is 3.00. The van der Waals surface area contributed by atoms with Crippen molar-refractivity contribution >= 4 is 18.1 Å². The number of nitrogens with one attached hydrogen (secondary N) is 1. The lowest BCUT2D eigenvalue weighted by Gasteiger charge is -2.08. The van der Waals surface area contributed by atoms with E-state index in [0.29, 0.717) is 40.8 Å². The number of benzene rings is 2. The van der Waals surface area contributed by atoms with Crippen molar-refractivity contribution in [1.29, 1.82) is 0 Å². The van der Waals surface area contributed by atoms with Crippen LogP contribution in [0.15, 0.2) is 64.1 Å². The fourth-order valence-electron chi connectivity index (χ4n) is 2.79. The van der Waals surface area contributed by atoms with Crippen molar-refractivity contribution in [3.63, 3.8) is 0 Å². The molecule has 0 saturated carbocycles. The standard InChI is InChI=1S/C23H22N2O6/c1-4-30-23(27)16-7-5-6-15(12-16)20-11-9-18(31-20)14-24-25-22(26)19-10-8-17(28-2)13-21(19)29-3/h5-14H,4H2,1-3H3,(H,25,26)/b24-14-. The monoisotopic (exact) mass is 422 g/mol. The molecule has 0 atom stereocenters. The number of carbonyl (C=O) groups is 2. The first-order chi connectivity index (χ1) is 15.0. The Morgan fingerprint density at radius 1 is 1.06 bits per heavy atom. The average molecular weight is 422 g/mol. The number of hydrogen-bond acceptors (Lipinski definition) is 7. The molecule has 0 bridgehead atoms. The van der Waals surface area contributed by atoms with E-state index in [0.717, 1.165) is 5.56 Å². The highest BCUT2D eigenvalue weighted by molar-refractivity contribution is 5.97. The molecule has 0 radical (unpaired) electrons. The van der Waals surface area contributed by atoms with E-state index in [1.54, 1.807) is 55.5 Å². The number of amides is 1. The molecule has 0 fully saturated rings. The molecule has 0 aliphatic rings. The summed E-state index contributed by atoms with van der Waals surface area (Å²) in [6.07, 6.45) is 1.38. The predicted molar refractivity (Wildman–Crippen MR) is 115 cm³/mol. The predicted octanol–water partition coefficient (Wildman–Crippen LogP) is 3.90. The van der Waals surface area contributed by atoms with Gasteiger partial charge in [0.1, 0.15) is 23.0 Å².